The second-order valence-corrected chi connectivity index (χ2v) is 4.57. The fourth-order valence-electron chi connectivity index (χ4n) is 1.45. The van der Waals surface area contributed by atoms with Gasteiger partial charge in [-0.1, -0.05) is 12.1 Å². The van der Waals surface area contributed by atoms with Gasteiger partial charge in [-0.05, 0) is 29.1 Å². The van der Waals surface area contributed by atoms with E-state index in [4.69, 9.17) is 5.26 Å². The molecule has 0 aliphatic heterocycles. The zero-order valence-corrected chi connectivity index (χ0v) is 11.5. The molecule has 84 valence electrons. The van der Waals surface area contributed by atoms with Gasteiger partial charge in [0, 0.05) is 5.56 Å². The van der Waals surface area contributed by atoms with E-state index in [1.54, 1.807) is 35.1 Å². The number of thiophene rings is 1. The molecule has 0 radical (unpaired) electrons. The van der Waals surface area contributed by atoms with E-state index in [0.717, 1.165) is 11.1 Å². The minimum absolute atomic E-state index is 0.372. The van der Waals surface area contributed by atoms with Crippen LogP contribution in [-0.4, -0.2) is 5.97 Å². The molecule has 0 unspecified atom stereocenters. The molecule has 17 heavy (non-hydrogen) atoms. The average molecular weight is 355 g/mol. The largest absolute Gasteiger partial charge is 0.391 e. The Morgan fingerprint density at radius 3 is 2.59 bits per heavy atom. The van der Waals surface area contributed by atoms with Crippen LogP contribution in [0.15, 0.2) is 35.7 Å². The maximum Gasteiger partial charge on any atom is 0.347 e. The maximum atomic E-state index is 11.3. The Labute approximate surface area is 116 Å². The summed E-state index contributed by atoms with van der Waals surface area (Å²) >= 11 is 2.96. The van der Waals surface area contributed by atoms with Gasteiger partial charge < -0.3 is 3.07 Å². The Morgan fingerprint density at radius 2 is 2.00 bits per heavy atom. The molecule has 0 amide bonds. The summed E-state index contributed by atoms with van der Waals surface area (Å²) in [6.45, 7) is 0. The highest BCUT2D eigenvalue weighted by molar-refractivity contribution is 14.1. The zero-order valence-electron chi connectivity index (χ0n) is 8.51. The number of carbonyl (C=O) groups excluding carboxylic acids is 1. The summed E-state index contributed by atoms with van der Waals surface area (Å²) < 4.78 is 4.59. The van der Waals surface area contributed by atoms with Crippen molar-refractivity contribution >= 4 is 40.3 Å². The number of nitrogens with zero attached hydrogens (tertiary/aromatic N) is 1. The van der Waals surface area contributed by atoms with E-state index in [-0.39, 0.29) is 5.97 Å². The summed E-state index contributed by atoms with van der Waals surface area (Å²) in [6.07, 6.45) is 0. The number of carbonyl (C=O) groups is 1. The Bertz CT molecular complexity index is 583. The van der Waals surface area contributed by atoms with E-state index in [2.05, 4.69) is 9.14 Å². The van der Waals surface area contributed by atoms with Gasteiger partial charge in [0.2, 0.25) is 0 Å². The Balaban J connectivity index is 2.37. The van der Waals surface area contributed by atoms with Gasteiger partial charge in [0.25, 0.3) is 0 Å². The fourth-order valence-corrected chi connectivity index (χ4v) is 2.41. The molecule has 0 atom stereocenters. The van der Waals surface area contributed by atoms with Gasteiger partial charge in [0.1, 0.15) is 10.9 Å². The molecule has 0 bridgehead atoms. The first-order valence-corrected chi connectivity index (χ1v) is 6.43. The van der Waals surface area contributed by atoms with Crippen molar-refractivity contribution in [3.8, 4) is 17.2 Å². The van der Waals surface area contributed by atoms with Crippen LogP contribution in [0.3, 0.4) is 0 Å². The van der Waals surface area contributed by atoms with E-state index in [9.17, 15) is 4.79 Å². The van der Waals surface area contributed by atoms with E-state index in [0.29, 0.717) is 10.4 Å². The van der Waals surface area contributed by atoms with Crippen LogP contribution in [0.25, 0.3) is 11.1 Å². The molecule has 1 aromatic carbocycles. The third-order valence-corrected chi connectivity index (χ3v) is 3.49. The monoisotopic (exact) mass is 355 g/mol. The molecule has 0 fully saturated rings. The quantitative estimate of drug-likeness (QED) is 0.770. The van der Waals surface area contributed by atoms with Crippen LogP contribution in [0.4, 0.5) is 0 Å². The molecule has 2 aromatic rings. The molecule has 0 saturated heterocycles. The lowest BCUT2D eigenvalue weighted by molar-refractivity contribution is 0.0800. The molecule has 1 heterocycles. The highest BCUT2D eigenvalue weighted by atomic mass is 127. The maximum absolute atomic E-state index is 11.3. The van der Waals surface area contributed by atoms with Gasteiger partial charge in [0.15, 0.2) is 23.0 Å². The van der Waals surface area contributed by atoms with Crippen LogP contribution in [0.2, 0.25) is 0 Å². The zero-order chi connectivity index (χ0) is 12.3. The second kappa shape index (κ2) is 5.29. The molecule has 0 aliphatic carbocycles. The number of nitriles is 1. The molecule has 2 rings (SSSR count). The lowest BCUT2D eigenvalue weighted by Crippen LogP contribution is -1.96. The van der Waals surface area contributed by atoms with Crippen molar-refractivity contribution in [3.63, 3.8) is 0 Å². The summed E-state index contributed by atoms with van der Waals surface area (Å²) in [5.74, 6) is -0.372. The van der Waals surface area contributed by atoms with Crippen LogP contribution in [0.5, 0.6) is 0 Å². The van der Waals surface area contributed by atoms with E-state index < -0.39 is 0 Å². The Kier molecular flexibility index (Phi) is 3.76. The summed E-state index contributed by atoms with van der Waals surface area (Å²) in [6, 6.07) is 11.0. The first-order chi connectivity index (χ1) is 8.26. The normalized spacial score (nSPS) is 9.65. The molecular weight excluding hydrogens is 349 g/mol. The van der Waals surface area contributed by atoms with Crippen LogP contribution in [0.1, 0.15) is 15.2 Å². The van der Waals surface area contributed by atoms with Crippen molar-refractivity contribution in [1.29, 1.82) is 5.26 Å². The summed E-state index contributed by atoms with van der Waals surface area (Å²) in [5, 5.41) is 10.8. The van der Waals surface area contributed by atoms with Gasteiger partial charge in [0.05, 0.1) is 5.56 Å². The molecule has 1 aromatic heterocycles. The van der Waals surface area contributed by atoms with Crippen molar-refractivity contribution in [2.75, 3.05) is 0 Å². The molecule has 3 nitrogen and oxygen atoms in total. The Morgan fingerprint density at radius 1 is 1.29 bits per heavy atom. The number of rotatable bonds is 2. The van der Waals surface area contributed by atoms with Crippen molar-refractivity contribution in [3.05, 3.63) is 46.2 Å². The minimum Gasteiger partial charge on any atom is -0.391 e. The van der Waals surface area contributed by atoms with E-state index in [1.807, 2.05) is 23.6 Å². The summed E-state index contributed by atoms with van der Waals surface area (Å²) in [4.78, 5) is 11.9. The average Bonchev–Trinajstić information content (AvgIpc) is 2.86. The van der Waals surface area contributed by atoms with Crippen molar-refractivity contribution in [2.45, 2.75) is 0 Å². The number of hydrogen-bond donors (Lipinski definition) is 0. The summed E-state index contributed by atoms with van der Waals surface area (Å²) in [5.41, 5.74) is 2.32. The highest BCUT2D eigenvalue weighted by Crippen LogP contribution is 2.27. The molecular formula is C12H6INO2S. The minimum atomic E-state index is -0.372. The first-order valence-electron chi connectivity index (χ1n) is 4.67. The van der Waals surface area contributed by atoms with Gasteiger partial charge >= 0.3 is 5.97 Å². The van der Waals surface area contributed by atoms with E-state index in [1.165, 1.54) is 11.3 Å². The Hall–Kier alpha value is -1.39. The third kappa shape index (κ3) is 2.48. The lowest BCUT2D eigenvalue weighted by atomic mass is 10.1. The first kappa shape index (κ1) is 12.1. The molecule has 0 saturated carbocycles. The predicted molar refractivity (Wildman–Crippen MR) is 73.9 cm³/mol. The van der Waals surface area contributed by atoms with Crippen LogP contribution in [0, 0.1) is 11.3 Å². The topological polar surface area (TPSA) is 50.1 Å². The number of hydrogen-bond acceptors (Lipinski definition) is 4. The standard InChI is InChI=1S/C12H6INO2S/c13-16-12(15)9-3-1-8(2-4-9)10-5-6-17-11(10)7-14/h1-6H. The van der Waals surface area contributed by atoms with Crippen LogP contribution < -0.4 is 0 Å². The SMILES string of the molecule is N#Cc1sccc1-c1ccc(C(=O)OI)cc1. The van der Waals surface area contributed by atoms with Gasteiger partial charge in [-0.15, -0.1) is 11.3 Å². The van der Waals surface area contributed by atoms with Crippen molar-refractivity contribution in [2.24, 2.45) is 0 Å². The van der Waals surface area contributed by atoms with Gasteiger partial charge in [-0.25, -0.2) is 4.79 Å². The lowest BCUT2D eigenvalue weighted by Gasteiger charge is -2.01. The summed E-state index contributed by atoms with van der Waals surface area (Å²) in [7, 11) is 0. The molecule has 0 aliphatic rings. The van der Waals surface area contributed by atoms with Crippen molar-refractivity contribution < 1.29 is 7.86 Å². The van der Waals surface area contributed by atoms with Gasteiger partial charge in [-0.2, -0.15) is 5.26 Å². The highest BCUT2D eigenvalue weighted by Gasteiger charge is 2.09. The second-order valence-electron chi connectivity index (χ2n) is 3.22. The number of halogens is 1. The molecule has 5 heteroatoms. The molecule has 0 N–H and O–H groups in total. The van der Waals surface area contributed by atoms with Gasteiger partial charge in [-0.3, -0.25) is 0 Å². The number of benzene rings is 1. The van der Waals surface area contributed by atoms with Crippen LogP contribution in [-0.2, 0) is 3.07 Å². The van der Waals surface area contributed by atoms with Crippen LogP contribution >= 0.6 is 34.3 Å². The van der Waals surface area contributed by atoms with E-state index >= 15 is 0 Å². The predicted octanol–water partition coefficient (Wildman–Crippen LogP) is 3.79. The smallest absolute Gasteiger partial charge is 0.347 e. The fraction of sp³-hybridized carbons (Fsp3) is 0. The van der Waals surface area contributed by atoms with Crippen molar-refractivity contribution in [1.82, 2.24) is 0 Å². The molecule has 0 spiro atoms. The third-order valence-electron chi connectivity index (χ3n) is 2.27.